The van der Waals surface area contributed by atoms with E-state index >= 15 is 0 Å². The van der Waals surface area contributed by atoms with Crippen molar-refractivity contribution in [3.05, 3.63) is 47.0 Å². The van der Waals surface area contributed by atoms with Gasteiger partial charge in [-0.05, 0) is 31.5 Å². The summed E-state index contributed by atoms with van der Waals surface area (Å²) in [6.07, 6.45) is -0.585. The molecule has 0 aliphatic carbocycles. The Labute approximate surface area is 135 Å². The van der Waals surface area contributed by atoms with Crippen LogP contribution in [0.15, 0.2) is 29.2 Å². The van der Waals surface area contributed by atoms with E-state index in [1.54, 1.807) is 33.0 Å². The molecular formula is C15H20FN3O3S. The summed E-state index contributed by atoms with van der Waals surface area (Å²) in [7, 11) is -0.596. The third-order valence-corrected chi connectivity index (χ3v) is 5.35. The molecule has 0 aliphatic rings. The number of nitrogens with one attached hydrogen (secondary N) is 1. The fraction of sp³-hybridized carbons (Fsp3) is 0.400. The van der Waals surface area contributed by atoms with E-state index in [9.17, 15) is 12.8 Å². The SMILES string of the molecule is COC(CNS(=O)(=O)c1c(C)nn(C)c1C)c1cccc(F)c1. The normalized spacial score (nSPS) is 13.3. The fourth-order valence-corrected chi connectivity index (χ4v) is 3.91. The molecule has 126 valence electrons. The molecule has 1 unspecified atom stereocenters. The lowest BCUT2D eigenvalue weighted by Gasteiger charge is -2.17. The Bertz CT molecular complexity index is 802. The average molecular weight is 341 g/mol. The average Bonchev–Trinajstić information content (AvgIpc) is 2.73. The van der Waals surface area contributed by atoms with Crippen LogP contribution in [-0.4, -0.2) is 31.9 Å². The first-order valence-corrected chi connectivity index (χ1v) is 8.52. The van der Waals surface area contributed by atoms with Crippen LogP contribution in [0.4, 0.5) is 4.39 Å². The maximum atomic E-state index is 13.3. The Kier molecular flexibility index (Phi) is 5.18. The van der Waals surface area contributed by atoms with Crippen LogP contribution < -0.4 is 4.72 Å². The highest BCUT2D eigenvalue weighted by Gasteiger charge is 2.25. The number of benzene rings is 1. The van der Waals surface area contributed by atoms with Crippen LogP contribution in [0.3, 0.4) is 0 Å². The summed E-state index contributed by atoms with van der Waals surface area (Å²) in [6, 6.07) is 5.89. The minimum absolute atomic E-state index is 0.00391. The number of hydrogen-bond donors (Lipinski definition) is 1. The molecule has 1 atom stereocenters. The van der Waals surface area contributed by atoms with E-state index in [2.05, 4.69) is 9.82 Å². The fourth-order valence-electron chi connectivity index (χ4n) is 2.44. The van der Waals surface area contributed by atoms with E-state index in [4.69, 9.17) is 4.74 Å². The smallest absolute Gasteiger partial charge is 0.244 e. The molecule has 1 heterocycles. The molecule has 0 saturated carbocycles. The Morgan fingerprint density at radius 1 is 1.39 bits per heavy atom. The molecule has 0 radical (unpaired) electrons. The number of ether oxygens (including phenoxy) is 1. The summed E-state index contributed by atoms with van der Waals surface area (Å²) < 4.78 is 47.6. The van der Waals surface area contributed by atoms with Crippen molar-refractivity contribution < 1.29 is 17.5 Å². The van der Waals surface area contributed by atoms with Gasteiger partial charge in [-0.2, -0.15) is 5.10 Å². The quantitative estimate of drug-likeness (QED) is 0.870. The Morgan fingerprint density at radius 2 is 2.09 bits per heavy atom. The predicted octanol–water partition coefficient (Wildman–Crippen LogP) is 1.84. The van der Waals surface area contributed by atoms with Gasteiger partial charge in [0.1, 0.15) is 10.7 Å². The van der Waals surface area contributed by atoms with E-state index in [1.165, 1.54) is 23.9 Å². The second kappa shape index (κ2) is 6.77. The molecule has 0 fully saturated rings. The first-order chi connectivity index (χ1) is 10.8. The van der Waals surface area contributed by atoms with Crippen LogP contribution in [0, 0.1) is 19.7 Å². The molecule has 1 aromatic carbocycles. The summed E-state index contributed by atoms with van der Waals surface area (Å²) in [4.78, 5) is 0.161. The van der Waals surface area contributed by atoms with Crippen molar-refractivity contribution in [1.29, 1.82) is 0 Å². The molecule has 0 aliphatic heterocycles. The zero-order chi connectivity index (χ0) is 17.2. The summed E-state index contributed by atoms with van der Waals surface area (Å²) in [5, 5.41) is 4.11. The van der Waals surface area contributed by atoms with Crippen LogP contribution in [0.5, 0.6) is 0 Å². The minimum atomic E-state index is -3.73. The van der Waals surface area contributed by atoms with Crippen LogP contribution in [-0.2, 0) is 21.8 Å². The number of halogens is 1. The highest BCUT2D eigenvalue weighted by Crippen LogP contribution is 2.21. The van der Waals surface area contributed by atoms with E-state index < -0.39 is 21.9 Å². The highest BCUT2D eigenvalue weighted by molar-refractivity contribution is 7.89. The van der Waals surface area contributed by atoms with Crippen molar-refractivity contribution in [2.75, 3.05) is 13.7 Å². The lowest BCUT2D eigenvalue weighted by atomic mass is 10.1. The monoisotopic (exact) mass is 341 g/mol. The van der Waals surface area contributed by atoms with Gasteiger partial charge in [0.25, 0.3) is 0 Å². The van der Waals surface area contributed by atoms with Crippen LogP contribution in [0.2, 0.25) is 0 Å². The molecule has 0 spiro atoms. The number of aromatic nitrogens is 2. The Balaban J connectivity index is 2.21. The van der Waals surface area contributed by atoms with Gasteiger partial charge in [-0.1, -0.05) is 12.1 Å². The highest BCUT2D eigenvalue weighted by atomic mass is 32.2. The molecule has 0 amide bonds. The first-order valence-electron chi connectivity index (χ1n) is 7.04. The zero-order valence-electron chi connectivity index (χ0n) is 13.5. The van der Waals surface area contributed by atoms with Gasteiger partial charge in [0.05, 0.1) is 17.5 Å². The van der Waals surface area contributed by atoms with E-state index in [0.29, 0.717) is 17.0 Å². The van der Waals surface area contributed by atoms with Gasteiger partial charge in [-0.25, -0.2) is 17.5 Å². The molecule has 2 rings (SSSR count). The summed E-state index contributed by atoms with van der Waals surface area (Å²) in [6.45, 7) is 3.33. The first kappa shape index (κ1) is 17.6. The van der Waals surface area contributed by atoms with Crippen molar-refractivity contribution in [3.8, 4) is 0 Å². The second-order valence-corrected chi connectivity index (χ2v) is 6.96. The van der Waals surface area contributed by atoms with Crippen LogP contribution in [0.1, 0.15) is 23.1 Å². The maximum Gasteiger partial charge on any atom is 0.244 e. The second-order valence-electron chi connectivity index (χ2n) is 5.25. The summed E-state index contributed by atoms with van der Waals surface area (Å²) in [5.74, 6) is -0.397. The van der Waals surface area contributed by atoms with E-state index in [-0.39, 0.29) is 11.4 Å². The Hall–Kier alpha value is -1.77. The van der Waals surface area contributed by atoms with Crippen molar-refractivity contribution in [3.63, 3.8) is 0 Å². The zero-order valence-corrected chi connectivity index (χ0v) is 14.3. The molecule has 1 N–H and O–H groups in total. The van der Waals surface area contributed by atoms with Gasteiger partial charge in [0, 0.05) is 20.7 Å². The molecule has 23 heavy (non-hydrogen) atoms. The van der Waals surface area contributed by atoms with Crippen molar-refractivity contribution in [2.24, 2.45) is 7.05 Å². The summed E-state index contributed by atoms with van der Waals surface area (Å²) in [5.41, 5.74) is 1.54. The van der Waals surface area contributed by atoms with Gasteiger partial charge in [0.15, 0.2) is 0 Å². The molecule has 2 aromatic rings. The molecule has 0 saturated heterocycles. The standard InChI is InChI=1S/C15H20FN3O3S/c1-10-15(11(2)19(3)18-10)23(20,21)17-9-14(22-4)12-6-5-7-13(16)8-12/h5-8,14,17H,9H2,1-4H3. The molecule has 8 heteroatoms. The topological polar surface area (TPSA) is 73.2 Å². The van der Waals surface area contributed by atoms with Crippen LogP contribution in [0.25, 0.3) is 0 Å². The largest absolute Gasteiger partial charge is 0.375 e. The third-order valence-electron chi connectivity index (χ3n) is 3.68. The van der Waals surface area contributed by atoms with Gasteiger partial charge >= 0.3 is 0 Å². The van der Waals surface area contributed by atoms with Gasteiger partial charge in [0.2, 0.25) is 10.0 Å². The lowest BCUT2D eigenvalue weighted by molar-refractivity contribution is 0.107. The van der Waals surface area contributed by atoms with E-state index in [0.717, 1.165) is 0 Å². The lowest BCUT2D eigenvalue weighted by Crippen LogP contribution is -2.30. The van der Waals surface area contributed by atoms with Gasteiger partial charge in [-0.15, -0.1) is 0 Å². The predicted molar refractivity (Wildman–Crippen MR) is 84.0 cm³/mol. The van der Waals surface area contributed by atoms with E-state index in [1.807, 2.05) is 0 Å². The molecule has 0 bridgehead atoms. The van der Waals surface area contributed by atoms with Crippen LogP contribution >= 0.6 is 0 Å². The molecule has 6 nitrogen and oxygen atoms in total. The number of methoxy groups -OCH3 is 1. The van der Waals surface area contributed by atoms with Gasteiger partial charge < -0.3 is 4.74 Å². The summed E-state index contributed by atoms with van der Waals surface area (Å²) >= 11 is 0. The molecule has 1 aromatic heterocycles. The third kappa shape index (κ3) is 3.77. The maximum absolute atomic E-state index is 13.3. The number of aryl methyl sites for hydroxylation is 2. The number of sulfonamides is 1. The number of hydrogen-bond acceptors (Lipinski definition) is 4. The molecular weight excluding hydrogens is 321 g/mol. The Morgan fingerprint density at radius 3 is 2.61 bits per heavy atom. The van der Waals surface area contributed by atoms with Gasteiger partial charge in [-0.3, -0.25) is 4.68 Å². The number of rotatable bonds is 6. The van der Waals surface area contributed by atoms with Crippen molar-refractivity contribution in [2.45, 2.75) is 24.8 Å². The minimum Gasteiger partial charge on any atom is -0.375 e. The number of nitrogens with zero attached hydrogens (tertiary/aromatic N) is 2. The van der Waals surface area contributed by atoms with Crippen molar-refractivity contribution >= 4 is 10.0 Å². The van der Waals surface area contributed by atoms with Crippen molar-refractivity contribution in [1.82, 2.24) is 14.5 Å².